The molecule has 7 heteroatoms. The first-order valence-corrected chi connectivity index (χ1v) is 14.6. The molecule has 0 heterocycles. The van der Waals surface area contributed by atoms with E-state index in [2.05, 4.69) is 95.2 Å². The highest BCUT2D eigenvalue weighted by Crippen LogP contribution is 2.40. The van der Waals surface area contributed by atoms with Gasteiger partial charge in [-0.05, 0) is 55.0 Å². The molecule has 0 spiro atoms. The van der Waals surface area contributed by atoms with Crippen LogP contribution in [-0.4, -0.2) is 20.3 Å². The average molecular weight is 538 g/mol. The fourth-order valence-electron chi connectivity index (χ4n) is 3.81. The van der Waals surface area contributed by atoms with E-state index in [1.54, 1.807) is 12.1 Å². The third-order valence-electron chi connectivity index (χ3n) is 5.67. The summed E-state index contributed by atoms with van der Waals surface area (Å²) in [5.41, 5.74) is 0.153. The van der Waals surface area contributed by atoms with Crippen LogP contribution in [0.1, 0.15) is 18.1 Å². The van der Waals surface area contributed by atoms with Crippen molar-refractivity contribution in [2.75, 3.05) is 5.75 Å². The lowest BCUT2D eigenvalue weighted by Gasteiger charge is -2.28. The van der Waals surface area contributed by atoms with Gasteiger partial charge in [-0.25, -0.2) is 0 Å². The molecule has 1 aliphatic rings. The number of rotatable bonds is 6. The van der Waals surface area contributed by atoms with Crippen LogP contribution in [0.4, 0.5) is 8.78 Å². The Bertz CT molecular complexity index is 1330. The first-order valence-electron chi connectivity index (χ1n) is 11.8. The molecule has 0 bridgehead atoms. The molecule has 37 heavy (non-hydrogen) atoms. The Morgan fingerprint density at radius 1 is 0.730 bits per heavy atom. The van der Waals surface area contributed by atoms with E-state index in [0.29, 0.717) is 5.56 Å². The summed E-state index contributed by atoms with van der Waals surface area (Å²) in [6, 6.07) is 38.1. The van der Waals surface area contributed by atoms with Crippen LogP contribution in [0.2, 0.25) is 0 Å². The summed E-state index contributed by atoms with van der Waals surface area (Å²) >= 11 is 0. The van der Waals surface area contributed by atoms with Gasteiger partial charge >= 0.3 is 5.92 Å². The monoisotopic (exact) mass is 537 g/mol. The highest BCUT2D eigenvalue weighted by molar-refractivity contribution is 7.97. The normalized spacial score (nSPS) is 15.9. The Balaban J connectivity index is 0.000000173. The number of fused-ring (bicyclic) bond motifs is 1. The fourth-order valence-corrected chi connectivity index (χ4v) is 6.55. The summed E-state index contributed by atoms with van der Waals surface area (Å²) in [7, 11) is -3.94. The zero-order chi connectivity index (χ0) is 26.3. The largest absolute Gasteiger partial charge is 0.304 e. The van der Waals surface area contributed by atoms with Crippen molar-refractivity contribution in [3.05, 3.63) is 132 Å². The molecule has 190 valence electrons. The molecular formula is C30H27F2O3S2+. The van der Waals surface area contributed by atoms with E-state index in [-0.39, 0.29) is 22.2 Å². The van der Waals surface area contributed by atoms with Crippen molar-refractivity contribution in [2.24, 2.45) is 0 Å². The number of alkyl halides is 2. The minimum atomic E-state index is -3.92. The van der Waals surface area contributed by atoms with E-state index in [1.807, 2.05) is 0 Å². The molecule has 0 radical (unpaired) electrons. The number of halogens is 2. The minimum absolute atomic E-state index is 0.0146. The van der Waals surface area contributed by atoms with Gasteiger partial charge < -0.3 is 0 Å². The molecule has 4 aromatic rings. The summed E-state index contributed by atoms with van der Waals surface area (Å²) in [4.78, 5) is 4.08. The topological polar surface area (TPSA) is 43.4 Å². The molecule has 5 rings (SSSR count). The summed E-state index contributed by atoms with van der Waals surface area (Å²) in [5, 5.41) is 0. The van der Waals surface area contributed by atoms with Crippen molar-refractivity contribution >= 4 is 27.1 Å². The first-order chi connectivity index (χ1) is 17.8. The van der Waals surface area contributed by atoms with E-state index >= 15 is 0 Å². The fraction of sp³-hybridized carbons (Fsp3) is 0.133. The van der Waals surface area contributed by atoms with Crippen LogP contribution in [0.3, 0.4) is 0 Å². The molecule has 1 aliphatic carbocycles. The van der Waals surface area contributed by atoms with Crippen molar-refractivity contribution in [2.45, 2.75) is 33.6 Å². The molecule has 0 saturated carbocycles. The van der Waals surface area contributed by atoms with E-state index < -0.39 is 22.1 Å². The Kier molecular flexibility index (Phi) is 8.59. The predicted molar refractivity (Wildman–Crippen MR) is 145 cm³/mol. The molecular weight excluding hydrogens is 510 g/mol. The third kappa shape index (κ3) is 6.55. The summed E-state index contributed by atoms with van der Waals surface area (Å²) in [5.74, 6) is -3.69. The molecule has 0 N–H and O–H groups in total. The quantitative estimate of drug-likeness (QED) is 0.191. The smallest absolute Gasteiger partial charge is 0.256 e. The van der Waals surface area contributed by atoms with Crippen LogP contribution in [0.15, 0.2) is 136 Å². The second kappa shape index (κ2) is 11.9. The summed E-state index contributed by atoms with van der Waals surface area (Å²) in [6.45, 7) is 1.34. The molecule has 0 saturated heterocycles. The van der Waals surface area contributed by atoms with E-state index in [4.69, 9.17) is 0 Å². The van der Waals surface area contributed by atoms with Gasteiger partial charge in [-0.3, -0.25) is 4.18 Å². The maximum absolute atomic E-state index is 14.1. The van der Waals surface area contributed by atoms with Crippen LogP contribution in [-0.2, 0) is 31.1 Å². The van der Waals surface area contributed by atoms with Crippen molar-refractivity contribution < 1.29 is 21.4 Å². The van der Waals surface area contributed by atoms with Crippen LogP contribution in [0, 0.1) is 0 Å². The molecule has 1 atom stereocenters. The van der Waals surface area contributed by atoms with Crippen molar-refractivity contribution in [3.63, 3.8) is 0 Å². The number of benzene rings is 4. The summed E-state index contributed by atoms with van der Waals surface area (Å²) in [6.07, 6.45) is 0.746. The van der Waals surface area contributed by atoms with Gasteiger partial charge in [0.05, 0.1) is 16.6 Å². The highest BCUT2D eigenvalue weighted by Gasteiger charge is 2.46. The lowest BCUT2D eigenvalue weighted by Crippen LogP contribution is -2.36. The number of hydrogen-bond acceptors (Lipinski definition) is 3. The summed E-state index contributed by atoms with van der Waals surface area (Å²) < 4.78 is 55.3. The van der Waals surface area contributed by atoms with E-state index in [9.17, 15) is 17.2 Å². The first kappa shape index (κ1) is 26.8. The Hall–Kier alpha value is -3.26. The van der Waals surface area contributed by atoms with E-state index in [0.717, 1.165) is 6.08 Å². The van der Waals surface area contributed by atoms with Gasteiger partial charge in [0, 0.05) is 5.56 Å². The molecule has 4 aromatic carbocycles. The Labute approximate surface area is 219 Å². The van der Waals surface area contributed by atoms with Crippen LogP contribution >= 0.6 is 0 Å². The van der Waals surface area contributed by atoms with Gasteiger partial charge in [0.15, 0.2) is 20.8 Å². The Morgan fingerprint density at radius 3 is 1.62 bits per heavy atom. The van der Waals surface area contributed by atoms with Gasteiger partial charge in [0.2, 0.25) is 0 Å². The van der Waals surface area contributed by atoms with Crippen LogP contribution < -0.4 is 0 Å². The SMILES string of the molecule is CCS(=O)(=O)OC1C=Cc2ccccc2C1(F)F.c1ccc([S+](c2ccccc2)c2ccccc2)cc1. The maximum Gasteiger partial charge on any atom is 0.304 e. The average Bonchev–Trinajstić information content (AvgIpc) is 2.93. The standard InChI is InChI=1S/C18H15S.C12H12F2O3S/c1-4-10-16(11-5-1)19(17-12-6-2-7-13-17)18-14-8-3-9-15-18;1-2-18(15,16)17-11-8-7-9-5-3-4-6-10(9)12(11,13)14/h1-15H;3-8,11H,2H2,1H3/q+1;. The second-order valence-electron chi connectivity index (χ2n) is 8.18. The molecule has 3 nitrogen and oxygen atoms in total. The Morgan fingerprint density at radius 2 is 1.16 bits per heavy atom. The minimum Gasteiger partial charge on any atom is -0.256 e. The second-order valence-corrected chi connectivity index (χ2v) is 12.1. The van der Waals surface area contributed by atoms with Gasteiger partial charge in [-0.2, -0.15) is 17.2 Å². The van der Waals surface area contributed by atoms with Gasteiger partial charge in [0.1, 0.15) is 0 Å². The number of hydrogen-bond donors (Lipinski definition) is 0. The van der Waals surface area contributed by atoms with Crippen LogP contribution in [0.25, 0.3) is 6.08 Å². The van der Waals surface area contributed by atoms with E-state index in [1.165, 1.54) is 39.8 Å². The maximum atomic E-state index is 14.1. The molecule has 0 amide bonds. The zero-order valence-corrected chi connectivity index (χ0v) is 21.8. The van der Waals surface area contributed by atoms with Crippen LogP contribution in [0.5, 0.6) is 0 Å². The predicted octanol–water partition coefficient (Wildman–Crippen LogP) is 7.32. The third-order valence-corrected chi connectivity index (χ3v) is 9.11. The van der Waals surface area contributed by atoms with Gasteiger partial charge in [-0.15, -0.1) is 0 Å². The molecule has 1 unspecified atom stereocenters. The lowest BCUT2D eigenvalue weighted by atomic mass is 9.92. The van der Waals surface area contributed by atoms with Gasteiger partial charge in [0.25, 0.3) is 10.1 Å². The lowest BCUT2D eigenvalue weighted by molar-refractivity contribution is -0.0810. The highest BCUT2D eigenvalue weighted by atomic mass is 32.2. The van der Waals surface area contributed by atoms with Gasteiger partial charge in [-0.1, -0.05) is 84.9 Å². The van der Waals surface area contributed by atoms with Crippen molar-refractivity contribution in [1.29, 1.82) is 0 Å². The van der Waals surface area contributed by atoms with Crippen molar-refractivity contribution in [1.82, 2.24) is 0 Å². The molecule has 0 aliphatic heterocycles. The zero-order valence-electron chi connectivity index (χ0n) is 20.2. The molecule has 0 fully saturated rings. The molecule has 0 aromatic heterocycles. The van der Waals surface area contributed by atoms with Crippen molar-refractivity contribution in [3.8, 4) is 0 Å².